The molecule has 0 amide bonds. The van der Waals surface area contributed by atoms with Crippen LogP contribution in [0.1, 0.15) is 13.3 Å². The summed E-state index contributed by atoms with van der Waals surface area (Å²) in [6, 6.07) is 9.50. The number of methoxy groups -OCH3 is 2. The van der Waals surface area contributed by atoms with Crippen molar-refractivity contribution in [3.8, 4) is 11.5 Å². The highest BCUT2D eigenvalue weighted by Crippen LogP contribution is 2.31. The first-order valence-corrected chi connectivity index (χ1v) is 10.6. The van der Waals surface area contributed by atoms with Crippen molar-refractivity contribution in [2.24, 2.45) is 0 Å². The largest absolute Gasteiger partial charge is 0.497 e. The van der Waals surface area contributed by atoms with Crippen LogP contribution in [0.25, 0.3) is 10.2 Å². The van der Waals surface area contributed by atoms with Crippen LogP contribution in [0.2, 0.25) is 0 Å². The maximum atomic E-state index is 12.8. The molecular weight excluding hydrogens is 388 g/mol. The Morgan fingerprint density at radius 1 is 1.11 bits per heavy atom. The van der Waals surface area contributed by atoms with E-state index in [0.717, 1.165) is 23.3 Å². The maximum Gasteiger partial charge on any atom is 0.308 e. The van der Waals surface area contributed by atoms with Crippen LogP contribution in [0.15, 0.2) is 46.1 Å². The second-order valence-corrected chi connectivity index (χ2v) is 8.50. The number of hydrogen-bond acceptors (Lipinski definition) is 6. The fourth-order valence-corrected chi connectivity index (χ4v) is 4.86. The normalized spacial score (nSPS) is 11.5. The highest BCUT2D eigenvalue weighted by molar-refractivity contribution is 7.92. The van der Waals surface area contributed by atoms with E-state index in [1.54, 1.807) is 28.8 Å². The van der Waals surface area contributed by atoms with E-state index < -0.39 is 10.0 Å². The Kier molecular flexibility index (Phi) is 5.43. The summed E-state index contributed by atoms with van der Waals surface area (Å²) in [5, 5.41) is 0. The van der Waals surface area contributed by atoms with Gasteiger partial charge in [0.1, 0.15) is 11.5 Å². The summed E-state index contributed by atoms with van der Waals surface area (Å²) in [5.41, 5.74) is 1.04. The number of aromatic nitrogens is 1. The minimum absolute atomic E-state index is 0.0813. The number of ether oxygens (including phenoxy) is 2. The fourth-order valence-electron chi connectivity index (χ4n) is 2.74. The van der Waals surface area contributed by atoms with Crippen LogP contribution < -0.4 is 19.1 Å². The molecule has 0 saturated carbocycles. The molecule has 0 aliphatic rings. The first kappa shape index (κ1) is 19.2. The maximum absolute atomic E-state index is 12.8. The Morgan fingerprint density at radius 2 is 1.89 bits per heavy atom. The summed E-state index contributed by atoms with van der Waals surface area (Å²) in [7, 11) is -0.880. The molecule has 1 aromatic heterocycles. The second-order valence-electron chi connectivity index (χ2n) is 5.82. The number of anilines is 1. The zero-order valence-electron chi connectivity index (χ0n) is 15.2. The quantitative estimate of drug-likeness (QED) is 0.648. The molecule has 0 saturated heterocycles. The summed E-state index contributed by atoms with van der Waals surface area (Å²) in [6.45, 7) is 2.59. The number of nitrogens with one attached hydrogen (secondary N) is 1. The SMILES string of the molecule is CCCn1c(=O)sc2cc(S(=O)(=O)Nc3ccc(OC)cc3OC)ccc21. The lowest BCUT2D eigenvalue weighted by atomic mass is 10.3. The zero-order chi connectivity index (χ0) is 19.6. The van der Waals surface area contributed by atoms with Gasteiger partial charge in [0.2, 0.25) is 0 Å². The van der Waals surface area contributed by atoms with Crippen molar-refractivity contribution in [2.75, 3.05) is 18.9 Å². The molecule has 2 aromatic carbocycles. The standard InChI is InChI=1S/C18H20N2O5S2/c1-4-9-20-15-8-6-13(11-17(15)26-18(20)21)27(22,23)19-14-7-5-12(24-2)10-16(14)25-3/h5-8,10-11,19H,4,9H2,1-3H3. The lowest BCUT2D eigenvalue weighted by molar-refractivity contribution is 0.395. The lowest BCUT2D eigenvalue weighted by Crippen LogP contribution is -2.14. The van der Waals surface area contributed by atoms with Crippen molar-refractivity contribution in [3.05, 3.63) is 46.1 Å². The van der Waals surface area contributed by atoms with Crippen molar-refractivity contribution in [1.82, 2.24) is 4.57 Å². The molecule has 0 aliphatic carbocycles. The summed E-state index contributed by atoms with van der Waals surface area (Å²) >= 11 is 1.04. The van der Waals surface area contributed by atoms with Gasteiger partial charge in [0.05, 0.1) is 35.0 Å². The molecule has 7 nitrogen and oxygen atoms in total. The van der Waals surface area contributed by atoms with Gasteiger partial charge in [-0.25, -0.2) is 8.42 Å². The van der Waals surface area contributed by atoms with E-state index in [1.807, 2.05) is 6.92 Å². The number of aryl methyl sites for hydroxylation is 1. The van der Waals surface area contributed by atoms with Gasteiger partial charge in [-0.05, 0) is 36.8 Å². The van der Waals surface area contributed by atoms with Crippen LogP contribution in [-0.4, -0.2) is 27.2 Å². The van der Waals surface area contributed by atoms with Gasteiger partial charge < -0.3 is 9.47 Å². The van der Waals surface area contributed by atoms with Gasteiger partial charge in [-0.3, -0.25) is 14.1 Å². The van der Waals surface area contributed by atoms with E-state index in [4.69, 9.17) is 9.47 Å². The van der Waals surface area contributed by atoms with Crippen molar-refractivity contribution in [1.29, 1.82) is 0 Å². The number of thiazole rings is 1. The first-order chi connectivity index (χ1) is 12.9. The van der Waals surface area contributed by atoms with E-state index >= 15 is 0 Å². The molecule has 0 bridgehead atoms. The molecule has 0 spiro atoms. The third kappa shape index (κ3) is 3.79. The number of rotatable bonds is 7. The fraction of sp³-hybridized carbons (Fsp3) is 0.278. The molecule has 1 N–H and O–H groups in total. The van der Waals surface area contributed by atoms with Crippen LogP contribution in [0, 0.1) is 0 Å². The van der Waals surface area contributed by atoms with Gasteiger partial charge >= 0.3 is 4.87 Å². The summed E-state index contributed by atoms with van der Waals surface area (Å²) in [5.74, 6) is 0.899. The number of nitrogens with zero attached hydrogens (tertiary/aromatic N) is 1. The summed E-state index contributed by atoms with van der Waals surface area (Å²) < 4.78 is 40.8. The molecule has 3 rings (SSSR count). The van der Waals surface area contributed by atoms with E-state index in [-0.39, 0.29) is 9.77 Å². The predicted molar refractivity (Wildman–Crippen MR) is 107 cm³/mol. The molecule has 0 unspecified atom stereocenters. The Labute approximate surface area is 161 Å². The Morgan fingerprint density at radius 3 is 2.56 bits per heavy atom. The third-order valence-corrected chi connectivity index (χ3v) is 6.36. The topological polar surface area (TPSA) is 86.6 Å². The van der Waals surface area contributed by atoms with Crippen LogP contribution >= 0.6 is 11.3 Å². The Balaban J connectivity index is 1.99. The van der Waals surface area contributed by atoms with E-state index in [1.165, 1.54) is 26.4 Å². The van der Waals surface area contributed by atoms with Gasteiger partial charge in [-0.1, -0.05) is 18.3 Å². The first-order valence-electron chi connectivity index (χ1n) is 8.28. The van der Waals surface area contributed by atoms with Crippen molar-refractivity contribution >= 4 is 37.3 Å². The molecule has 0 atom stereocenters. The van der Waals surface area contributed by atoms with Crippen LogP contribution in [0.5, 0.6) is 11.5 Å². The molecule has 27 heavy (non-hydrogen) atoms. The monoisotopic (exact) mass is 408 g/mol. The Bertz CT molecular complexity index is 1130. The van der Waals surface area contributed by atoms with Gasteiger partial charge in [-0.15, -0.1) is 0 Å². The molecule has 3 aromatic rings. The van der Waals surface area contributed by atoms with Gasteiger partial charge in [0.25, 0.3) is 10.0 Å². The van der Waals surface area contributed by atoms with E-state index in [9.17, 15) is 13.2 Å². The molecular formula is C18H20N2O5S2. The lowest BCUT2D eigenvalue weighted by Gasteiger charge is -2.13. The highest BCUT2D eigenvalue weighted by atomic mass is 32.2. The molecule has 0 fully saturated rings. The number of fused-ring (bicyclic) bond motifs is 1. The van der Waals surface area contributed by atoms with Crippen LogP contribution in [0.3, 0.4) is 0 Å². The number of hydrogen-bond donors (Lipinski definition) is 1. The predicted octanol–water partition coefficient (Wildman–Crippen LogP) is 3.29. The zero-order valence-corrected chi connectivity index (χ0v) is 16.8. The van der Waals surface area contributed by atoms with E-state index in [2.05, 4.69) is 4.72 Å². The number of benzene rings is 2. The molecule has 0 radical (unpaired) electrons. The second kappa shape index (κ2) is 7.61. The minimum Gasteiger partial charge on any atom is -0.497 e. The number of sulfonamides is 1. The average molecular weight is 409 g/mol. The van der Waals surface area contributed by atoms with Crippen LogP contribution in [0.4, 0.5) is 5.69 Å². The smallest absolute Gasteiger partial charge is 0.308 e. The molecule has 1 heterocycles. The van der Waals surface area contributed by atoms with Gasteiger partial charge in [0, 0.05) is 12.6 Å². The molecule has 0 aliphatic heterocycles. The average Bonchev–Trinajstić information content (AvgIpc) is 2.97. The molecule has 144 valence electrons. The van der Waals surface area contributed by atoms with Crippen molar-refractivity contribution < 1.29 is 17.9 Å². The summed E-state index contributed by atoms with van der Waals surface area (Å²) in [6.07, 6.45) is 0.824. The summed E-state index contributed by atoms with van der Waals surface area (Å²) in [4.78, 5) is 12.1. The van der Waals surface area contributed by atoms with Crippen molar-refractivity contribution in [2.45, 2.75) is 24.8 Å². The van der Waals surface area contributed by atoms with Crippen LogP contribution in [-0.2, 0) is 16.6 Å². The van der Waals surface area contributed by atoms with Gasteiger partial charge in [-0.2, -0.15) is 0 Å². The van der Waals surface area contributed by atoms with Gasteiger partial charge in [0.15, 0.2) is 0 Å². The van der Waals surface area contributed by atoms with E-state index in [0.29, 0.717) is 28.4 Å². The Hall–Kier alpha value is -2.52. The highest BCUT2D eigenvalue weighted by Gasteiger charge is 2.19. The third-order valence-electron chi connectivity index (χ3n) is 4.05. The molecule has 9 heteroatoms. The van der Waals surface area contributed by atoms with Crippen molar-refractivity contribution in [3.63, 3.8) is 0 Å². The minimum atomic E-state index is -3.85.